The monoisotopic (exact) mass is 234 g/mol. The zero-order chi connectivity index (χ0) is 9.56. The number of hydrogen-bond donors (Lipinski definition) is 3. The summed E-state index contributed by atoms with van der Waals surface area (Å²) < 4.78 is 3.37. The average Bonchev–Trinajstić information content (AvgIpc) is 1.94. The second kappa shape index (κ2) is 8.07. The maximum Gasteiger partial charge on any atom is 0.0225 e. The Balaban J connectivity index is 0.000000261. The number of rotatable bonds is 0. The average molecular weight is 234 g/mol. The van der Waals surface area contributed by atoms with Gasteiger partial charge in [0.25, 0.3) is 0 Å². The second-order valence-corrected chi connectivity index (χ2v) is 4.89. The van der Waals surface area contributed by atoms with Gasteiger partial charge in [-0.25, -0.2) is 0 Å². The topological polar surface area (TPSA) is 43.8 Å². The van der Waals surface area contributed by atoms with Crippen LogP contribution in [0.3, 0.4) is 0 Å². The third-order valence-corrected chi connectivity index (χ3v) is 2.03. The minimum absolute atomic E-state index is 0.0208. The van der Waals surface area contributed by atoms with E-state index in [1.807, 2.05) is 8.61 Å². The summed E-state index contributed by atoms with van der Waals surface area (Å²) >= 11 is 8.33. The van der Waals surface area contributed by atoms with Crippen LogP contribution in [0.15, 0.2) is 0 Å². The van der Waals surface area contributed by atoms with E-state index in [0.717, 1.165) is 26.2 Å². The van der Waals surface area contributed by atoms with Crippen LogP contribution in [0.25, 0.3) is 0 Å². The Bertz CT molecular complexity index is 127. The molecule has 0 aromatic heterocycles. The van der Waals surface area contributed by atoms with Gasteiger partial charge in [0.05, 0.1) is 0 Å². The molecule has 0 saturated carbocycles. The third kappa shape index (κ3) is 9.81. The van der Waals surface area contributed by atoms with E-state index in [2.05, 4.69) is 25.6 Å². The van der Waals surface area contributed by atoms with E-state index in [1.54, 1.807) is 0 Å². The van der Waals surface area contributed by atoms with Gasteiger partial charge in [0, 0.05) is 26.2 Å². The molecule has 1 aliphatic rings. The molecule has 12 heavy (non-hydrogen) atoms. The molecule has 1 aliphatic heterocycles. The molecule has 1 rings (SSSR count). The van der Waals surface area contributed by atoms with Gasteiger partial charge in [-0.15, -0.1) is 0 Å². The second-order valence-electron chi connectivity index (χ2n) is 2.43. The number of carbonyl (C=O) groups is 1. The van der Waals surface area contributed by atoms with Crippen LogP contribution in [0.5, 0.6) is 0 Å². The maximum absolute atomic E-state index is 9.08. The van der Waals surface area contributed by atoms with E-state index in [0.29, 0.717) is 0 Å². The zero-order valence-corrected chi connectivity index (χ0v) is 11.9. The Labute approximate surface area is 117 Å². The van der Waals surface area contributed by atoms with Gasteiger partial charge in [-0.2, -0.15) is 0 Å². The fraction of sp³-hybridized carbons (Fsp3) is 0.800. The SMILES string of the molecule is O=[C](O)[K].SN1CCN(S)CC1. The van der Waals surface area contributed by atoms with Crippen LogP contribution in [0.2, 0.25) is 0 Å². The number of hydrogen-bond acceptors (Lipinski definition) is 5. The standard InChI is InChI=1S/C4H10N2S2.CHO2.K/c7-5-1-2-6(8)4-3-5;2-1-3;/h7-8H,1-4H2;(H,2,3);. The van der Waals surface area contributed by atoms with Crippen molar-refractivity contribution in [2.75, 3.05) is 26.2 Å². The molecule has 1 N–H and O–H groups in total. The normalized spacial score (nSPS) is 19.7. The van der Waals surface area contributed by atoms with E-state index in [9.17, 15) is 0 Å². The van der Waals surface area contributed by atoms with E-state index in [-0.39, 0.29) is 49.0 Å². The molecule has 0 aromatic carbocycles. The van der Waals surface area contributed by atoms with Crippen LogP contribution in [-0.4, -0.2) is 88.9 Å². The summed E-state index contributed by atoms with van der Waals surface area (Å²) in [6, 6.07) is 0. The summed E-state index contributed by atoms with van der Waals surface area (Å²) in [6.45, 7) is 4.08. The van der Waals surface area contributed by atoms with E-state index in [4.69, 9.17) is 9.90 Å². The summed E-state index contributed by atoms with van der Waals surface area (Å²) in [7, 11) is 0. The first kappa shape index (κ1) is 13.7. The predicted molar refractivity (Wildman–Crippen MR) is 54.9 cm³/mol. The van der Waals surface area contributed by atoms with Crippen molar-refractivity contribution in [3.05, 3.63) is 0 Å². The van der Waals surface area contributed by atoms with Gasteiger partial charge in [-0.3, -0.25) is 8.61 Å². The fourth-order valence-electron chi connectivity index (χ4n) is 0.685. The molecule has 0 aliphatic carbocycles. The number of nitrogens with zero attached hydrogens (tertiary/aromatic N) is 2. The molecular formula is C5H11KN2O2S2. The molecule has 0 bridgehead atoms. The van der Waals surface area contributed by atoms with Gasteiger partial charge in [-0.05, 0) is 0 Å². The Hall–Kier alpha value is 1.73. The first-order valence-corrected chi connectivity index (χ1v) is 5.95. The number of thiol groups is 2. The van der Waals surface area contributed by atoms with Gasteiger partial charge < -0.3 is 0 Å². The zero-order valence-electron chi connectivity index (χ0n) is 6.97. The molecule has 4 nitrogen and oxygen atoms in total. The molecule has 0 amide bonds. The summed E-state index contributed by atoms with van der Waals surface area (Å²) in [5, 5.41) is 7.50. The van der Waals surface area contributed by atoms with Crippen LogP contribution in [-0.2, 0) is 0 Å². The molecule has 0 unspecified atom stereocenters. The summed E-state index contributed by atoms with van der Waals surface area (Å²) in [4.78, 5) is 9.08. The van der Waals surface area contributed by atoms with Crippen molar-refractivity contribution in [3.8, 4) is 0 Å². The number of piperazine rings is 1. The Kier molecular flexibility index (Phi) is 9.23. The Morgan fingerprint density at radius 2 is 1.33 bits per heavy atom. The van der Waals surface area contributed by atoms with Crippen LogP contribution >= 0.6 is 25.6 Å². The van der Waals surface area contributed by atoms with Crippen LogP contribution in [0.1, 0.15) is 0 Å². The first-order chi connectivity index (χ1) is 5.52. The molecule has 66 valence electrons. The molecule has 1 fully saturated rings. The van der Waals surface area contributed by atoms with Crippen molar-refractivity contribution in [2.24, 2.45) is 0 Å². The third-order valence-electron chi connectivity index (χ3n) is 1.23. The Morgan fingerprint density at radius 1 is 1.17 bits per heavy atom. The van der Waals surface area contributed by atoms with Crippen molar-refractivity contribution in [1.82, 2.24) is 8.61 Å². The minimum atomic E-state index is -0.646. The number of carboxylic acid groups (broad SMARTS) is 1. The van der Waals surface area contributed by atoms with Gasteiger partial charge in [0.2, 0.25) is 0 Å². The van der Waals surface area contributed by atoms with Gasteiger partial charge >= 0.3 is 58.9 Å². The molecule has 0 atom stereocenters. The quantitative estimate of drug-likeness (QED) is 0.412. The van der Waals surface area contributed by atoms with Crippen molar-refractivity contribution >= 4 is 74.6 Å². The molecule has 0 aromatic rings. The maximum atomic E-state index is 9.08. The largest absolute Gasteiger partial charge is 0.251 e. The summed E-state index contributed by atoms with van der Waals surface area (Å²) in [6.07, 6.45) is 0. The molecule has 1 heterocycles. The van der Waals surface area contributed by atoms with Crippen molar-refractivity contribution < 1.29 is 9.90 Å². The predicted octanol–water partition coefficient (Wildman–Crippen LogP) is 0.127. The molecule has 1 saturated heterocycles. The van der Waals surface area contributed by atoms with Crippen molar-refractivity contribution in [2.45, 2.75) is 0 Å². The van der Waals surface area contributed by atoms with Crippen LogP contribution in [0, 0.1) is 0 Å². The minimum Gasteiger partial charge on any atom is -0.251 e. The Morgan fingerprint density at radius 3 is 1.50 bits per heavy atom. The van der Waals surface area contributed by atoms with E-state index >= 15 is 0 Å². The van der Waals surface area contributed by atoms with Crippen LogP contribution < -0.4 is 0 Å². The van der Waals surface area contributed by atoms with E-state index < -0.39 is 0.0639 Å². The van der Waals surface area contributed by atoms with Crippen LogP contribution in [0.4, 0.5) is 4.79 Å². The first-order valence-electron chi connectivity index (χ1n) is 3.59. The van der Waals surface area contributed by atoms with Crippen molar-refractivity contribution in [1.29, 1.82) is 0 Å². The summed E-state index contributed by atoms with van der Waals surface area (Å²) in [5.41, 5.74) is 0. The van der Waals surface area contributed by atoms with Gasteiger partial charge in [-0.1, -0.05) is 25.6 Å². The smallest absolute Gasteiger partial charge is 0.0225 e. The van der Waals surface area contributed by atoms with Gasteiger partial charge in [0.15, 0.2) is 0 Å². The summed E-state index contributed by atoms with van der Waals surface area (Å²) in [5.74, 6) is 0. The molecular weight excluding hydrogens is 223 g/mol. The molecule has 7 heteroatoms. The van der Waals surface area contributed by atoms with Crippen molar-refractivity contribution in [3.63, 3.8) is 0 Å². The molecule has 0 spiro atoms. The fourth-order valence-corrected chi connectivity index (χ4v) is 1.04. The van der Waals surface area contributed by atoms with E-state index in [1.165, 1.54) is 0 Å². The molecule has 0 radical (unpaired) electrons. The van der Waals surface area contributed by atoms with Gasteiger partial charge in [0.1, 0.15) is 0 Å².